The monoisotopic (exact) mass is 256 g/mol. The molecule has 1 saturated heterocycles. The number of piperidine rings is 1. The van der Waals surface area contributed by atoms with Crippen LogP contribution >= 0.6 is 0 Å². The number of nitrogens with one attached hydrogen (secondary N) is 2. The van der Waals surface area contributed by atoms with E-state index in [2.05, 4.69) is 41.6 Å². The van der Waals surface area contributed by atoms with E-state index in [-0.39, 0.29) is 0 Å². The van der Waals surface area contributed by atoms with Crippen LogP contribution in [0.15, 0.2) is 24.4 Å². The summed E-state index contributed by atoms with van der Waals surface area (Å²) in [6.07, 6.45) is 4.91. The SMILES string of the molecule is CCC1(O)CN[C@@H]2Cc3c[nH]c4cccc(c34)[C@H]2C1. The fourth-order valence-corrected chi connectivity index (χ4v) is 3.89. The predicted octanol–water partition coefficient (Wildman–Crippen LogP) is 2.31. The lowest BCUT2D eigenvalue weighted by Gasteiger charge is -2.44. The molecule has 0 amide bonds. The molecule has 3 nitrogen and oxygen atoms in total. The smallest absolute Gasteiger partial charge is 0.0775 e. The van der Waals surface area contributed by atoms with Crippen molar-refractivity contribution in [1.82, 2.24) is 10.3 Å². The topological polar surface area (TPSA) is 48.0 Å². The second kappa shape index (κ2) is 3.84. The first-order valence-electron chi connectivity index (χ1n) is 7.25. The number of aromatic amines is 1. The Bertz CT molecular complexity index is 633. The Hall–Kier alpha value is -1.32. The van der Waals surface area contributed by atoms with Gasteiger partial charge in [-0.25, -0.2) is 0 Å². The van der Waals surface area contributed by atoms with Crippen LogP contribution in [0.25, 0.3) is 10.9 Å². The van der Waals surface area contributed by atoms with E-state index in [0.29, 0.717) is 12.0 Å². The maximum atomic E-state index is 10.6. The zero-order valence-electron chi connectivity index (χ0n) is 11.2. The summed E-state index contributed by atoms with van der Waals surface area (Å²) in [5.74, 6) is 0.436. The van der Waals surface area contributed by atoms with Crippen molar-refractivity contribution in [2.45, 2.75) is 43.7 Å². The molecule has 0 saturated carbocycles. The molecule has 4 rings (SSSR count). The molecular weight excluding hydrogens is 236 g/mol. The van der Waals surface area contributed by atoms with Gasteiger partial charge in [0.25, 0.3) is 0 Å². The van der Waals surface area contributed by atoms with Gasteiger partial charge in [-0.1, -0.05) is 19.1 Å². The second-order valence-electron chi connectivity index (χ2n) is 6.16. The summed E-state index contributed by atoms with van der Waals surface area (Å²) in [5.41, 5.74) is 3.51. The van der Waals surface area contributed by atoms with Gasteiger partial charge in [-0.15, -0.1) is 0 Å². The van der Waals surface area contributed by atoms with Crippen LogP contribution < -0.4 is 5.32 Å². The molecule has 1 aromatic heterocycles. The van der Waals surface area contributed by atoms with Crippen molar-refractivity contribution in [3.05, 3.63) is 35.5 Å². The molecule has 1 aromatic carbocycles. The number of aliphatic hydroxyl groups is 1. The minimum atomic E-state index is -0.545. The molecule has 1 fully saturated rings. The van der Waals surface area contributed by atoms with Crippen LogP contribution in [-0.2, 0) is 6.42 Å². The number of benzene rings is 1. The van der Waals surface area contributed by atoms with Crippen molar-refractivity contribution in [3.8, 4) is 0 Å². The number of fused-ring (bicyclic) bond motifs is 2. The summed E-state index contributed by atoms with van der Waals surface area (Å²) in [5, 5.41) is 15.6. The summed E-state index contributed by atoms with van der Waals surface area (Å²) in [6.45, 7) is 2.80. The van der Waals surface area contributed by atoms with Gasteiger partial charge in [-0.05, 0) is 36.5 Å². The molecule has 100 valence electrons. The Morgan fingerprint density at radius 2 is 2.32 bits per heavy atom. The van der Waals surface area contributed by atoms with E-state index in [4.69, 9.17) is 0 Å². The van der Waals surface area contributed by atoms with Gasteiger partial charge >= 0.3 is 0 Å². The number of hydrogen-bond donors (Lipinski definition) is 3. The Balaban J connectivity index is 1.85. The zero-order chi connectivity index (χ0) is 13.0. The highest BCUT2D eigenvalue weighted by atomic mass is 16.3. The van der Waals surface area contributed by atoms with Gasteiger partial charge < -0.3 is 15.4 Å². The van der Waals surface area contributed by atoms with Crippen molar-refractivity contribution in [2.24, 2.45) is 0 Å². The standard InChI is InChI=1S/C16H20N2O/c1-2-16(19)7-12-11-4-3-5-13-15(11)10(8-17-13)6-14(12)18-9-16/h3-5,8,12,14,17-19H,2,6-7,9H2,1H3/t12-,14-,16?/m1/s1. The summed E-state index contributed by atoms with van der Waals surface area (Å²) in [6, 6.07) is 6.98. The first-order chi connectivity index (χ1) is 9.20. The largest absolute Gasteiger partial charge is 0.389 e. The number of H-pyrrole nitrogens is 1. The van der Waals surface area contributed by atoms with Crippen LogP contribution in [0.1, 0.15) is 36.8 Å². The lowest BCUT2D eigenvalue weighted by atomic mass is 9.71. The maximum Gasteiger partial charge on any atom is 0.0775 e. The summed E-state index contributed by atoms with van der Waals surface area (Å²) < 4.78 is 0. The molecular formula is C16H20N2O. The van der Waals surface area contributed by atoms with E-state index < -0.39 is 5.60 Å². The van der Waals surface area contributed by atoms with Crippen molar-refractivity contribution >= 4 is 10.9 Å². The van der Waals surface area contributed by atoms with Gasteiger partial charge in [0.1, 0.15) is 0 Å². The van der Waals surface area contributed by atoms with Gasteiger partial charge in [0.05, 0.1) is 5.60 Å². The van der Waals surface area contributed by atoms with Crippen LogP contribution in [0.5, 0.6) is 0 Å². The normalized spacial score (nSPS) is 33.4. The fourth-order valence-electron chi connectivity index (χ4n) is 3.89. The summed E-state index contributed by atoms with van der Waals surface area (Å²) in [4.78, 5) is 3.37. The minimum absolute atomic E-state index is 0.436. The molecule has 1 unspecified atom stereocenters. The second-order valence-corrected chi connectivity index (χ2v) is 6.16. The van der Waals surface area contributed by atoms with Gasteiger partial charge in [-0.3, -0.25) is 0 Å². The first-order valence-corrected chi connectivity index (χ1v) is 7.25. The van der Waals surface area contributed by atoms with Gasteiger partial charge in [-0.2, -0.15) is 0 Å². The molecule has 1 aliphatic carbocycles. The van der Waals surface area contributed by atoms with Crippen LogP contribution in [0.2, 0.25) is 0 Å². The average molecular weight is 256 g/mol. The van der Waals surface area contributed by atoms with Crippen LogP contribution in [-0.4, -0.2) is 28.3 Å². The number of aromatic nitrogens is 1. The van der Waals surface area contributed by atoms with E-state index in [1.54, 1.807) is 0 Å². The van der Waals surface area contributed by atoms with E-state index in [1.165, 1.54) is 22.0 Å². The molecule has 2 aliphatic rings. The van der Waals surface area contributed by atoms with Crippen molar-refractivity contribution in [2.75, 3.05) is 6.54 Å². The molecule has 2 heterocycles. The number of rotatable bonds is 1. The van der Waals surface area contributed by atoms with Gasteiger partial charge in [0.15, 0.2) is 0 Å². The summed E-state index contributed by atoms with van der Waals surface area (Å²) >= 11 is 0. The van der Waals surface area contributed by atoms with Crippen LogP contribution in [0, 0.1) is 0 Å². The third-order valence-corrected chi connectivity index (χ3v) is 5.10. The summed E-state index contributed by atoms with van der Waals surface area (Å²) in [7, 11) is 0. The first kappa shape index (κ1) is 11.5. The Labute approximate surface area is 113 Å². The van der Waals surface area contributed by atoms with E-state index >= 15 is 0 Å². The Kier molecular flexibility index (Phi) is 2.32. The Morgan fingerprint density at radius 3 is 3.16 bits per heavy atom. The Morgan fingerprint density at radius 1 is 1.42 bits per heavy atom. The minimum Gasteiger partial charge on any atom is -0.389 e. The molecule has 1 aliphatic heterocycles. The molecule has 0 radical (unpaired) electrons. The highest BCUT2D eigenvalue weighted by molar-refractivity contribution is 5.88. The molecule has 0 spiro atoms. The maximum absolute atomic E-state index is 10.6. The molecule has 19 heavy (non-hydrogen) atoms. The molecule has 3 heteroatoms. The van der Waals surface area contributed by atoms with Crippen LogP contribution in [0.3, 0.4) is 0 Å². The lowest BCUT2D eigenvalue weighted by molar-refractivity contribution is -0.00611. The van der Waals surface area contributed by atoms with E-state index in [9.17, 15) is 5.11 Å². The molecule has 2 aromatic rings. The van der Waals surface area contributed by atoms with Crippen molar-refractivity contribution in [1.29, 1.82) is 0 Å². The third-order valence-electron chi connectivity index (χ3n) is 5.10. The molecule has 3 atom stereocenters. The fraction of sp³-hybridized carbons (Fsp3) is 0.500. The van der Waals surface area contributed by atoms with Crippen molar-refractivity contribution < 1.29 is 5.11 Å². The van der Waals surface area contributed by atoms with E-state index in [1.807, 2.05) is 0 Å². The highest BCUT2D eigenvalue weighted by Gasteiger charge is 2.41. The van der Waals surface area contributed by atoms with E-state index in [0.717, 1.165) is 25.8 Å². The number of β-amino-alcohol motifs (C(OH)–C–C–N with tert-alkyl or cyclic N) is 1. The lowest BCUT2D eigenvalue weighted by Crippen LogP contribution is -2.55. The highest BCUT2D eigenvalue weighted by Crippen LogP contribution is 2.43. The van der Waals surface area contributed by atoms with Crippen LogP contribution in [0.4, 0.5) is 0 Å². The quantitative estimate of drug-likeness (QED) is 0.733. The molecule has 0 bridgehead atoms. The zero-order valence-corrected chi connectivity index (χ0v) is 11.2. The van der Waals surface area contributed by atoms with Gasteiger partial charge in [0, 0.05) is 35.6 Å². The van der Waals surface area contributed by atoms with Crippen molar-refractivity contribution in [3.63, 3.8) is 0 Å². The number of hydrogen-bond acceptors (Lipinski definition) is 2. The molecule has 3 N–H and O–H groups in total. The average Bonchev–Trinajstić information content (AvgIpc) is 2.85. The third kappa shape index (κ3) is 1.58. The predicted molar refractivity (Wildman–Crippen MR) is 76.4 cm³/mol. The van der Waals surface area contributed by atoms with Gasteiger partial charge in [0.2, 0.25) is 0 Å².